The Labute approximate surface area is 327 Å². The van der Waals surface area contributed by atoms with Crippen molar-refractivity contribution in [3.8, 4) is 40.2 Å². The first-order valence-corrected chi connectivity index (χ1v) is 17.3. The first-order valence-electron chi connectivity index (χ1n) is 17.3. The molecule has 7 aromatic rings. The van der Waals surface area contributed by atoms with Gasteiger partial charge in [0, 0.05) is 46.7 Å². The highest BCUT2D eigenvalue weighted by molar-refractivity contribution is 6.02. The lowest BCUT2D eigenvalue weighted by molar-refractivity contribution is 0.0989. The molecule has 0 saturated carbocycles. The first-order chi connectivity index (χ1) is 27.4. The molecule has 5 aromatic carbocycles. The summed E-state index contributed by atoms with van der Waals surface area (Å²) in [6.45, 7) is 3.74. The summed E-state index contributed by atoms with van der Waals surface area (Å²) in [6, 6.07) is 29.4. The summed E-state index contributed by atoms with van der Waals surface area (Å²) in [4.78, 5) is 44.2. The molecule has 14 nitrogen and oxygen atoms in total. The second-order valence-corrected chi connectivity index (χ2v) is 12.5. The van der Waals surface area contributed by atoms with Crippen molar-refractivity contribution >= 4 is 51.1 Å². The summed E-state index contributed by atoms with van der Waals surface area (Å²) in [5, 5.41) is 4.00. The number of aryl methyl sites for hydroxylation is 2. The number of aromatic nitrogens is 2. The summed E-state index contributed by atoms with van der Waals surface area (Å²) in [6.07, 6.45) is 2.64. The molecule has 57 heavy (non-hydrogen) atoms. The zero-order valence-corrected chi connectivity index (χ0v) is 31.4. The highest BCUT2D eigenvalue weighted by atomic mass is 16.6. The SMILES string of the molecule is COc1cc2nccc(Oc3ccc(N)c(C)c3)c2cc1C(N)=O.COc1cc2nccc(Oc3ccc(NC(=O)Oc4ccccc4)c(C)c3)c2cc1C(N)=O. The maximum Gasteiger partial charge on any atom is 0.417 e. The van der Waals surface area contributed by atoms with Crippen molar-refractivity contribution in [1.29, 1.82) is 0 Å². The van der Waals surface area contributed by atoms with Crippen LogP contribution in [0.5, 0.6) is 40.2 Å². The van der Waals surface area contributed by atoms with Gasteiger partial charge in [-0.3, -0.25) is 24.9 Å². The van der Waals surface area contributed by atoms with Crippen LogP contribution >= 0.6 is 0 Å². The van der Waals surface area contributed by atoms with E-state index in [9.17, 15) is 14.4 Å². The number of fused-ring (bicyclic) bond motifs is 2. The van der Waals surface area contributed by atoms with Crippen LogP contribution in [0.25, 0.3) is 21.8 Å². The molecule has 7 N–H and O–H groups in total. The number of anilines is 2. The van der Waals surface area contributed by atoms with Crippen molar-refractivity contribution in [3.05, 3.63) is 138 Å². The van der Waals surface area contributed by atoms with Gasteiger partial charge in [-0.05, 0) is 97.8 Å². The van der Waals surface area contributed by atoms with Gasteiger partial charge < -0.3 is 40.9 Å². The fourth-order valence-electron chi connectivity index (χ4n) is 5.73. The quantitative estimate of drug-likeness (QED) is 0.0977. The zero-order chi connectivity index (χ0) is 40.6. The Morgan fingerprint density at radius 2 is 1.09 bits per heavy atom. The van der Waals surface area contributed by atoms with E-state index in [-0.39, 0.29) is 11.1 Å². The van der Waals surface area contributed by atoms with Gasteiger partial charge in [0.1, 0.15) is 40.2 Å². The molecule has 288 valence electrons. The minimum Gasteiger partial charge on any atom is -0.496 e. The van der Waals surface area contributed by atoms with Crippen LogP contribution in [0.4, 0.5) is 16.2 Å². The number of ether oxygens (including phenoxy) is 5. The molecule has 14 heteroatoms. The van der Waals surface area contributed by atoms with Crippen molar-refractivity contribution in [2.24, 2.45) is 11.5 Å². The summed E-state index contributed by atoms with van der Waals surface area (Å²) < 4.78 is 27.7. The third kappa shape index (κ3) is 9.09. The number of methoxy groups -OCH3 is 2. The van der Waals surface area contributed by atoms with Crippen LogP contribution in [0.1, 0.15) is 31.8 Å². The van der Waals surface area contributed by atoms with E-state index in [0.29, 0.717) is 73.4 Å². The Morgan fingerprint density at radius 1 is 0.579 bits per heavy atom. The molecule has 2 heterocycles. The normalized spacial score (nSPS) is 10.5. The van der Waals surface area contributed by atoms with Crippen molar-refractivity contribution in [2.75, 3.05) is 25.3 Å². The predicted octanol–water partition coefficient (Wildman–Crippen LogP) is 8.08. The average Bonchev–Trinajstić information content (AvgIpc) is 3.20. The number of para-hydroxylation sites is 1. The number of nitrogens with two attached hydrogens (primary N) is 3. The van der Waals surface area contributed by atoms with Crippen LogP contribution in [0.2, 0.25) is 0 Å². The van der Waals surface area contributed by atoms with E-state index in [2.05, 4.69) is 15.3 Å². The fourth-order valence-corrected chi connectivity index (χ4v) is 5.73. The van der Waals surface area contributed by atoms with Gasteiger partial charge >= 0.3 is 6.09 Å². The van der Waals surface area contributed by atoms with Crippen LogP contribution in [0.15, 0.2) is 116 Å². The third-order valence-electron chi connectivity index (χ3n) is 8.66. The molecule has 0 atom stereocenters. The number of hydrogen-bond donors (Lipinski definition) is 4. The van der Waals surface area contributed by atoms with E-state index in [0.717, 1.165) is 11.1 Å². The average molecular weight is 767 g/mol. The Kier molecular flexibility index (Phi) is 11.6. The number of nitrogen functional groups attached to an aromatic ring is 1. The van der Waals surface area contributed by atoms with Crippen LogP contribution in [-0.4, -0.2) is 42.1 Å². The van der Waals surface area contributed by atoms with Crippen LogP contribution in [0, 0.1) is 13.8 Å². The molecule has 3 amide bonds. The van der Waals surface area contributed by atoms with Gasteiger partial charge in [0.25, 0.3) is 11.8 Å². The number of pyridine rings is 2. The number of carbonyl (C=O) groups is 3. The minimum absolute atomic E-state index is 0.232. The van der Waals surface area contributed by atoms with Crippen molar-refractivity contribution in [1.82, 2.24) is 9.97 Å². The maximum atomic E-state index is 12.2. The lowest BCUT2D eigenvalue weighted by Crippen LogP contribution is -2.17. The van der Waals surface area contributed by atoms with E-state index in [1.807, 2.05) is 26.0 Å². The van der Waals surface area contributed by atoms with Crippen molar-refractivity contribution in [3.63, 3.8) is 0 Å². The van der Waals surface area contributed by atoms with Gasteiger partial charge in [0.15, 0.2) is 0 Å². The van der Waals surface area contributed by atoms with Gasteiger partial charge in [-0.2, -0.15) is 0 Å². The van der Waals surface area contributed by atoms with E-state index in [1.165, 1.54) is 14.2 Å². The number of nitrogens with one attached hydrogen (secondary N) is 1. The zero-order valence-electron chi connectivity index (χ0n) is 31.4. The Bertz CT molecular complexity index is 2630. The smallest absolute Gasteiger partial charge is 0.417 e. The predicted molar refractivity (Wildman–Crippen MR) is 217 cm³/mol. The van der Waals surface area contributed by atoms with E-state index in [4.69, 9.17) is 40.9 Å². The maximum absolute atomic E-state index is 12.2. The second kappa shape index (κ2) is 17.1. The molecule has 0 radical (unpaired) electrons. The van der Waals surface area contributed by atoms with Crippen molar-refractivity contribution in [2.45, 2.75) is 13.8 Å². The molecule has 0 aliphatic carbocycles. The van der Waals surface area contributed by atoms with Gasteiger partial charge in [-0.15, -0.1) is 0 Å². The number of amides is 3. The minimum atomic E-state index is -0.614. The summed E-state index contributed by atoms with van der Waals surface area (Å²) >= 11 is 0. The molecule has 0 fully saturated rings. The Hall–Kier alpha value is -7.87. The van der Waals surface area contributed by atoms with Gasteiger partial charge in [0.05, 0.1) is 36.4 Å². The number of carbonyl (C=O) groups excluding carboxylic acids is 3. The Balaban J connectivity index is 0.000000203. The van der Waals surface area contributed by atoms with Crippen LogP contribution < -0.4 is 46.2 Å². The van der Waals surface area contributed by atoms with E-state index < -0.39 is 17.9 Å². The third-order valence-corrected chi connectivity index (χ3v) is 8.66. The van der Waals surface area contributed by atoms with Gasteiger partial charge in [-0.25, -0.2) is 4.79 Å². The molecule has 0 saturated heterocycles. The largest absolute Gasteiger partial charge is 0.496 e. The molecular weight excluding hydrogens is 729 g/mol. The summed E-state index contributed by atoms with van der Waals surface area (Å²) in [5.74, 6) is 2.22. The van der Waals surface area contributed by atoms with E-state index in [1.54, 1.807) is 103 Å². The first kappa shape index (κ1) is 38.8. The topological polar surface area (TPSA) is 213 Å². The molecule has 0 bridgehead atoms. The molecule has 7 rings (SSSR count). The summed E-state index contributed by atoms with van der Waals surface area (Å²) in [7, 11) is 2.94. The molecule has 0 aliphatic rings. The highest BCUT2D eigenvalue weighted by Gasteiger charge is 2.17. The number of primary amides is 2. The molecule has 2 aromatic heterocycles. The number of hydrogen-bond acceptors (Lipinski definition) is 11. The standard InChI is InChI=1S/C25H21N3O5.C18H17N3O3/c1-15-12-17(8-9-20(15)28-25(30)33-16-6-4-3-5-7-16)32-22-10-11-27-21-14-23(31-2)19(24(26)29)13-18(21)22;1-10-7-11(3-4-14(10)19)24-16-5-6-21-15-9-17(23-2)13(18(20)22)8-12(15)16/h3-14H,1-2H3,(H2,26,29)(H,28,30);3-9H,19H2,1-2H3,(H2,20,22). The molecular formula is C43H38N6O8. The fraction of sp³-hybridized carbons (Fsp3) is 0.0930. The lowest BCUT2D eigenvalue weighted by atomic mass is 10.1. The number of benzene rings is 5. The van der Waals surface area contributed by atoms with Crippen molar-refractivity contribution < 1.29 is 38.1 Å². The number of nitrogens with zero attached hydrogens (tertiary/aromatic N) is 2. The summed E-state index contributed by atoms with van der Waals surface area (Å²) in [5.41, 5.74) is 21.5. The number of rotatable bonds is 10. The van der Waals surface area contributed by atoms with Gasteiger partial charge in [0.2, 0.25) is 0 Å². The molecule has 0 spiro atoms. The lowest BCUT2D eigenvalue weighted by Gasteiger charge is -2.13. The van der Waals surface area contributed by atoms with E-state index >= 15 is 0 Å². The van der Waals surface area contributed by atoms with Crippen LogP contribution in [0.3, 0.4) is 0 Å². The van der Waals surface area contributed by atoms with Gasteiger partial charge in [-0.1, -0.05) is 18.2 Å². The Morgan fingerprint density at radius 3 is 1.56 bits per heavy atom. The second-order valence-electron chi connectivity index (χ2n) is 12.5. The molecule has 0 unspecified atom stereocenters. The monoisotopic (exact) mass is 766 g/mol. The van der Waals surface area contributed by atoms with Crippen LogP contribution in [-0.2, 0) is 0 Å². The highest BCUT2D eigenvalue weighted by Crippen LogP contribution is 2.35. The molecule has 0 aliphatic heterocycles.